The maximum Gasteiger partial charge on any atom is 0.410 e. The molecule has 1 heterocycles. The van der Waals surface area contributed by atoms with Crippen LogP contribution in [0.15, 0.2) is 0 Å². The van der Waals surface area contributed by atoms with Crippen molar-refractivity contribution in [2.24, 2.45) is 11.8 Å². The molecule has 1 rings (SSSR count). The number of likely N-dealkylation sites (tertiary alicyclic amines) is 1. The second kappa shape index (κ2) is 8.73. The highest BCUT2D eigenvalue weighted by molar-refractivity contribution is 5.68. The Bertz CT molecular complexity index is 331. The van der Waals surface area contributed by atoms with Gasteiger partial charge in [-0.25, -0.2) is 4.79 Å². The molecule has 1 atom stereocenters. The van der Waals surface area contributed by atoms with Crippen LogP contribution in [0, 0.1) is 11.8 Å². The van der Waals surface area contributed by atoms with Crippen LogP contribution in [-0.2, 0) is 9.47 Å². The van der Waals surface area contributed by atoms with E-state index in [9.17, 15) is 4.79 Å². The fourth-order valence-corrected chi connectivity index (χ4v) is 2.63. The topological polar surface area (TPSA) is 50.8 Å². The van der Waals surface area contributed by atoms with Crippen molar-refractivity contribution in [2.45, 2.75) is 59.1 Å². The van der Waals surface area contributed by atoms with Crippen molar-refractivity contribution in [3.63, 3.8) is 0 Å². The molecule has 0 aromatic heterocycles. The van der Waals surface area contributed by atoms with Crippen LogP contribution in [0.3, 0.4) is 0 Å². The van der Waals surface area contributed by atoms with Gasteiger partial charge < -0.3 is 19.7 Å². The maximum absolute atomic E-state index is 12.0. The number of carbonyl (C=O) groups is 1. The molecule has 1 amide bonds. The quantitative estimate of drug-likeness (QED) is 0.819. The Kier molecular flexibility index (Phi) is 7.63. The van der Waals surface area contributed by atoms with Gasteiger partial charge in [0.15, 0.2) is 0 Å². The standard InChI is InChI=1S/C17H34N2O3/c1-13(2)15(12-21-6)18-11-14-7-9-19(10-8-14)16(20)22-17(3,4)5/h13-15,18H,7-12H2,1-6H3. The van der Waals surface area contributed by atoms with E-state index < -0.39 is 5.60 Å². The van der Waals surface area contributed by atoms with Crippen LogP contribution in [-0.4, -0.2) is 56.0 Å². The molecule has 5 nitrogen and oxygen atoms in total. The number of ether oxygens (including phenoxy) is 2. The first-order valence-electron chi connectivity index (χ1n) is 8.43. The Morgan fingerprint density at radius 1 is 1.27 bits per heavy atom. The van der Waals surface area contributed by atoms with Gasteiger partial charge in [0.25, 0.3) is 0 Å². The average Bonchev–Trinajstić information content (AvgIpc) is 2.41. The van der Waals surface area contributed by atoms with Gasteiger partial charge in [-0.2, -0.15) is 0 Å². The lowest BCUT2D eigenvalue weighted by atomic mass is 9.96. The molecule has 0 saturated carbocycles. The predicted molar refractivity (Wildman–Crippen MR) is 89.0 cm³/mol. The number of carbonyl (C=O) groups excluding carboxylic acids is 1. The molecular formula is C17H34N2O3. The van der Waals surface area contributed by atoms with Crippen LogP contribution in [0.25, 0.3) is 0 Å². The minimum Gasteiger partial charge on any atom is -0.444 e. The van der Waals surface area contributed by atoms with E-state index in [4.69, 9.17) is 9.47 Å². The van der Waals surface area contributed by atoms with E-state index in [-0.39, 0.29) is 6.09 Å². The Labute approximate surface area is 135 Å². The van der Waals surface area contributed by atoms with E-state index in [1.54, 1.807) is 7.11 Å². The molecule has 1 unspecified atom stereocenters. The van der Waals surface area contributed by atoms with E-state index in [0.29, 0.717) is 17.9 Å². The lowest BCUT2D eigenvalue weighted by molar-refractivity contribution is 0.0181. The summed E-state index contributed by atoms with van der Waals surface area (Å²) in [4.78, 5) is 13.9. The molecular weight excluding hydrogens is 280 g/mol. The molecule has 5 heteroatoms. The molecule has 0 spiro atoms. The summed E-state index contributed by atoms with van der Waals surface area (Å²) in [5, 5.41) is 3.61. The number of hydrogen-bond donors (Lipinski definition) is 1. The molecule has 1 aliphatic rings. The monoisotopic (exact) mass is 314 g/mol. The van der Waals surface area contributed by atoms with Crippen LogP contribution in [0.5, 0.6) is 0 Å². The highest BCUT2D eigenvalue weighted by Gasteiger charge is 2.27. The van der Waals surface area contributed by atoms with Gasteiger partial charge in [-0.15, -0.1) is 0 Å². The molecule has 0 aromatic rings. The minimum absolute atomic E-state index is 0.182. The van der Waals surface area contributed by atoms with Gasteiger partial charge >= 0.3 is 6.09 Å². The first-order chi connectivity index (χ1) is 10.2. The largest absolute Gasteiger partial charge is 0.444 e. The van der Waals surface area contributed by atoms with Gasteiger partial charge in [0.05, 0.1) is 6.61 Å². The normalized spacial score (nSPS) is 18.6. The van der Waals surface area contributed by atoms with Gasteiger partial charge in [-0.05, 0) is 52.0 Å². The SMILES string of the molecule is COCC(NCC1CCN(C(=O)OC(C)(C)C)CC1)C(C)C. The van der Waals surface area contributed by atoms with Crippen LogP contribution in [0.2, 0.25) is 0 Å². The minimum atomic E-state index is -0.417. The zero-order valence-corrected chi connectivity index (χ0v) is 15.1. The van der Waals surface area contributed by atoms with E-state index in [1.165, 1.54) is 0 Å². The van der Waals surface area contributed by atoms with E-state index in [1.807, 2.05) is 25.7 Å². The van der Waals surface area contributed by atoms with Crippen molar-refractivity contribution in [2.75, 3.05) is 33.4 Å². The first-order valence-corrected chi connectivity index (χ1v) is 8.43. The van der Waals surface area contributed by atoms with Gasteiger partial charge in [-0.1, -0.05) is 13.8 Å². The van der Waals surface area contributed by atoms with Crippen molar-refractivity contribution in [1.29, 1.82) is 0 Å². The summed E-state index contributed by atoms with van der Waals surface area (Å²) in [6.45, 7) is 13.5. The average molecular weight is 314 g/mol. The zero-order chi connectivity index (χ0) is 16.8. The van der Waals surface area contributed by atoms with Crippen molar-refractivity contribution in [3.8, 4) is 0 Å². The van der Waals surface area contributed by atoms with Crippen molar-refractivity contribution < 1.29 is 14.3 Å². The molecule has 1 aliphatic heterocycles. The first kappa shape index (κ1) is 19.2. The summed E-state index contributed by atoms with van der Waals surface area (Å²) in [6, 6.07) is 0.397. The third-order valence-corrected chi connectivity index (χ3v) is 4.09. The molecule has 1 N–H and O–H groups in total. The lowest BCUT2D eigenvalue weighted by Gasteiger charge is -2.34. The number of rotatable bonds is 6. The number of methoxy groups -OCH3 is 1. The molecule has 0 radical (unpaired) electrons. The molecule has 0 aliphatic carbocycles. The van der Waals surface area contributed by atoms with Crippen LogP contribution in [0.4, 0.5) is 4.79 Å². The van der Waals surface area contributed by atoms with Gasteiger partial charge in [-0.3, -0.25) is 0 Å². The Hall–Kier alpha value is -0.810. The molecule has 130 valence electrons. The lowest BCUT2D eigenvalue weighted by Crippen LogP contribution is -2.45. The third kappa shape index (κ3) is 6.97. The van der Waals surface area contributed by atoms with Crippen LogP contribution < -0.4 is 5.32 Å². The van der Waals surface area contributed by atoms with Gasteiger partial charge in [0.2, 0.25) is 0 Å². The van der Waals surface area contributed by atoms with E-state index >= 15 is 0 Å². The fourth-order valence-electron chi connectivity index (χ4n) is 2.63. The molecule has 1 fully saturated rings. The maximum atomic E-state index is 12.0. The summed E-state index contributed by atoms with van der Waals surface area (Å²) in [5.41, 5.74) is -0.417. The number of piperidine rings is 1. The Balaban J connectivity index is 2.32. The predicted octanol–water partition coefficient (Wildman–Crippen LogP) is 2.89. The van der Waals surface area contributed by atoms with Gasteiger partial charge in [0.1, 0.15) is 5.60 Å². The summed E-state index contributed by atoms with van der Waals surface area (Å²) < 4.78 is 10.7. The highest BCUT2D eigenvalue weighted by atomic mass is 16.6. The Morgan fingerprint density at radius 3 is 2.32 bits per heavy atom. The van der Waals surface area contributed by atoms with E-state index in [2.05, 4.69) is 19.2 Å². The molecule has 0 bridgehead atoms. The second-order valence-corrected chi connectivity index (χ2v) is 7.62. The van der Waals surface area contributed by atoms with Crippen LogP contribution in [0.1, 0.15) is 47.5 Å². The number of hydrogen-bond acceptors (Lipinski definition) is 4. The van der Waals surface area contributed by atoms with Crippen molar-refractivity contribution in [1.82, 2.24) is 10.2 Å². The van der Waals surface area contributed by atoms with Crippen LogP contribution >= 0.6 is 0 Å². The number of nitrogens with zero attached hydrogens (tertiary/aromatic N) is 1. The summed E-state index contributed by atoms with van der Waals surface area (Å²) in [7, 11) is 1.75. The van der Waals surface area contributed by atoms with Gasteiger partial charge in [0, 0.05) is 26.2 Å². The molecule has 0 aromatic carbocycles. The van der Waals surface area contributed by atoms with Crippen molar-refractivity contribution >= 4 is 6.09 Å². The summed E-state index contributed by atoms with van der Waals surface area (Å²) >= 11 is 0. The summed E-state index contributed by atoms with van der Waals surface area (Å²) in [5.74, 6) is 1.18. The second-order valence-electron chi connectivity index (χ2n) is 7.62. The fraction of sp³-hybridized carbons (Fsp3) is 0.941. The highest BCUT2D eigenvalue weighted by Crippen LogP contribution is 2.19. The molecule has 22 heavy (non-hydrogen) atoms. The summed E-state index contributed by atoms with van der Waals surface area (Å²) in [6.07, 6.45) is 1.88. The molecule has 1 saturated heterocycles. The smallest absolute Gasteiger partial charge is 0.410 e. The zero-order valence-electron chi connectivity index (χ0n) is 15.1. The Morgan fingerprint density at radius 2 is 1.86 bits per heavy atom. The van der Waals surface area contributed by atoms with Crippen molar-refractivity contribution in [3.05, 3.63) is 0 Å². The third-order valence-electron chi connectivity index (χ3n) is 4.09. The number of nitrogens with one attached hydrogen (secondary N) is 1. The number of amides is 1. The van der Waals surface area contributed by atoms with E-state index in [0.717, 1.165) is 39.1 Å².